The number of amides is 3. The molecule has 3 N–H and O–H groups in total. The fourth-order valence-corrected chi connectivity index (χ4v) is 3.60. The summed E-state index contributed by atoms with van der Waals surface area (Å²) in [5.74, 6) is -1.08. The lowest BCUT2D eigenvalue weighted by Gasteiger charge is -2.17. The first kappa shape index (κ1) is 27.3. The third-order valence-electron chi connectivity index (χ3n) is 5.21. The van der Waals surface area contributed by atoms with Gasteiger partial charge in [-0.05, 0) is 43.2 Å². The minimum atomic E-state index is -0.618. The third-order valence-corrected chi connectivity index (χ3v) is 5.21. The molecule has 0 radical (unpaired) electrons. The molecule has 2 aromatic rings. The number of hydrogen-bond acceptors (Lipinski definition) is 5. The van der Waals surface area contributed by atoms with Crippen LogP contribution in [0.4, 0.5) is 16.2 Å². The van der Waals surface area contributed by atoms with E-state index in [0.29, 0.717) is 16.9 Å². The van der Waals surface area contributed by atoms with Gasteiger partial charge in [0.15, 0.2) is 5.78 Å². The van der Waals surface area contributed by atoms with Gasteiger partial charge >= 0.3 is 12.0 Å². The van der Waals surface area contributed by atoms with Crippen molar-refractivity contribution < 1.29 is 23.9 Å². The van der Waals surface area contributed by atoms with Crippen LogP contribution in [0.15, 0.2) is 61.2 Å². The number of hydrogen-bond donors (Lipinski definition) is 3. The van der Waals surface area contributed by atoms with Crippen LogP contribution in [0.3, 0.4) is 0 Å². The highest BCUT2D eigenvalue weighted by atomic mass is 16.5. The zero-order valence-corrected chi connectivity index (χ0v) is 20.3. The highest BCUT2D eigenvalue weighted by Gasteiger charge is 2.21. The Balaban J connectivity index is 1.95. The van der Waals surface area contributed by atoms with Crippen LogP contribution in [0, 0.1) is 5.92 Å². The van der Waals surface area contributed by atoms with Crippen molar-refractivity contribution in [1.29, 1.82) is 0 Å². The Bertz CT molecular complexity index is 1040. The molecule has 8 heteroatoms. The van der Waals surface area contributed by atoms with Gasteiger partial charge in [0.25, 0.3) is 0 Å². The molecule has 2 rings (SSSR count). The van der Waals surface area contributed by atoms with E-state index in [9.17, 15) is 19.2 Å². The lowest BCUT2D eigenvalue weighted by Crippen LogP contribution is -2.36. The topological polar surface area (TPSA) is 114 Å². The molecule has 0 heterocycles. The lowest BCUT2D eigenvalue weighted by atomic mass is 9.89. The van der Waals surface area contributed by atoms with Crippen molar-refractivity contribution >= 4 is 35.1 Å². The fourth-order valence-electron chi connectivity index (χ4n) is 3.60. The standard InChI is InChI=1S/C27H33N3O5/c1-4-10-19(11-5-2)25(32)22-14-7-8-15-23(22)30-24(31)18-28-27(34)29-21-13-9-12-20(17-21)26(33)35-16-6-3/h6-9,12-15,17,19H,3-5,10-11,16,18H2,1-2H3,(H,30,31)(H2,28,29,34). The molecule has 0 spiro atoms. The van der Waals surface area contributed by atoms with Crippen LogP contribution in [0.1, 0.15) is 60.2 Å². The predicted molar refractivity (Wildman–Crippen MR) is 137 cm³/mol. The number of nitrogens with one attached hydrogen (secondary N) is 3. The van der Waals surface area contributed by atoms with Gasteiger partial charge < -0.3 is 20.7 Å². The minimum absolute atomic E-state index is 0.0156. The van der Waals surface area contributed by atoms with Crippen LogP contribution < -0.4 is 16.0 Å². The molecule has 186 valence electrons. The predicted octanol–water partition coefficient (Wildman–Crippen LogP) is 5.19. The van der Waals surface area contributed by atoms with Crippen LogP contribution in [0.2, 0.25) is 0 Å². The smallest absolute Gasteiger partial charge is 0.338 e. The summed E-state index contributed by atoms with van der Waals surface area (Å²) in [4.78, 5) is 49.7. The first-order valence-electron chi connectivity index (χ1n) is 11.8. The van der Waals surface area contributed by atoms with Crippen molar-refractivity contribution in [2.24, 2.45) is 5.92 Å². The van der Waals surface area contributed by atoms with Gasteiger partial charge in [-0.1, -0.05) is 57.5 Å². The monoisotopic (exact) mass is 479 g/mol. The Morgan fingerprint density at radius 1 is 0.971 bits per heavy atom. The molecule has 0 bridgehead atoms. The molecule has 0 aromatic heterocycles. The van der Waals surface area contributed by atoms with Crippen molar-refractivity contribution in [3.63, 3.8) is 0 Å². The maximum Gasteiger partial charge on any atom is 0.338 e. The molecule has 3 amide bonds. The summed E-state index contributed by atoms with van der Waals surface area (Å²) < 4.78 is 4.98. The highest BCUT2D eigenvalue weighted by Crippen LogP contribution is 2.24. The number of benzene rings is 2. The van der Waals surface area contributed by atoms with Gasteiger partial charge in [-0.25, -0.2) is 9.59 Å². The number of Topliss-reactive ketones (excluding diaryl/α,β-unsaturated/α-hetero) is 1. The SMILES string of the molecule is C=CCOC(=O)c1cccc(NC(=O)NCC(=O)Nc2ccccc2C(=O)C(CCC)CCC)c1. The number of esters is 1. The van der Waals surface area contributed by atoms with Crippen LogP contribution in [-0.2, 0) is 9.53 Å². The summed E-state index contributed by atoms with van der Waals surface area (Å²) in [7, 11) is 0. The quantitative estimate of drug-likeness (QED) is 0.208. The van der Waals surface area contributed by atoms with E-state index in [1.165, 1.54) is 12.1 Å². The minimum Gasteiger partial charge on any atom is -0.458 e. The van der Waals surface area contributed by atoms with Crippen molar-refractivity contribution in [3.8, 4) is 0 Å². The van der Waals surface area contributed by atoms with E-state index in [1.807, 2.05) is 13.8 Å². The van der Waals surface area contributed by atoms with E-state index >= 15 is 0 Å². The van der Waals surface area contributed by atoms with E-state index < -0.39 is 17.9 Å². The Hall–Kier alpha value is -3.94. The van der Waals surface area contributed by atoms with Gasteiger partial charge in [0.2, 0.25) is 5.91 Å². The number of ketones is 1. The average Bonchev–Trinajstić information content (AvgIpc) is 2.86. The molecule has 0 atom stereocenters. The number of rotatable bonds is 13. The van der Waals surface area contributed by atoms with Crippen molar-refractivity contribution in [3.05, 3.63) is 72.3 Å². The van der Waals surface area contributed by atoms with Crippen LogP contribution in [0.5, 0.6) is 0 Å². The summed E-state index contributed by atoms with van der Waals surface area (Å²) in [6, 6.07) is 12.5. The molecule has 0 unspecified atom stereocenters. The molecule has 0 fully saturated rings. The second-order valence-electron chi connectivity index (χ2n) is 8.01. The van der Waals surface area contributed by atoms with Crippen molar-refractivity contribution in [2.45, 2.75) is 39.5 Å². The van der Waals surface area contributed by atoms with Crippen LogP contribution in [-0.4, -0.2) is 36.8 Å². The summed E-state index contributed by atoms with van der Waals surface area (Å²) in [6.07, 6.45) is 4.86. The Morgan fingerprint density at radius 2 is 1.69 bits per heavy atom. The largest absolute Gasteiger partial charge is 0.458 e. The second-order valence-corrected chi connectivity index (χ2v) is 8.01. The number of ether oxygens (including phenoxy) is 1. The number of carbonyl (C=O) groups is 4. The molecular weight excluding hydrogens is 446 g/mol. The van der Waals surface area contributed by atoms with Crippen molar-refractivity contribution in [1.82, 2.24) is 5.32 Å². The molecule has 0 saturated heterocycles. The Morgan fingerprint density at radius 3 is 2.37 bits per heavy atom. The molecule has 35 heavy (non-hydrogen) atoms. The average molecular weight is 480 g/mol. The number of carbonyl (C=O) groups excluding carboxylic acids is 4. The van der Waals surface area contributed by atoms with Gasteiger partial charge in [-0.3, -0.25) is 9.59 Å². The highest BCUT2D eigenvalue weighted by molar-refractivity contribution is 6.06. The maximum absolute atomic E-state index is 13.1. The lowest BCUT2D eigenvalue weighted by molar-refractivity contribution is -0.115. The number of para-hydroxylation sites is 1. The first-order chi connectivity index (χ1) is 16.9. The zero-order chi connectivity index (χ0) is 25.6. The fraction of sp³-hybridized carbons (Fsp3) is 0.333. The molecular formula is C27H33N3O5. The molecule has 0 saturated carbocycles. The van der Waals surface area contributed by atoms with E-state index in [-0.39, 0.29) is 30.4 Å². The molecule has 0 aliphatic rings. The second kappa shape index (κ2) is 14.3. The van der Waals surface area contributed by atoms with E-state index in [0.717, 1.165) is 25.7 Å². The van der Waals surface area contributed by atoms with E-state index in [2.05, 4.69) is 22.5 Å². The van der Waals surface area contributed by atoms with Gasteiger partial charge in [0, 0.05) is 17.2 Å². The Labute approximate surface area is 206 Å². The van der Waals surface area contributed by atoms with E-state index in [1.54, 1.807) is 42.5 Å². The zero-order valence-electron chi connectivity index (χ0n) is 20.3. The summed E-state index contributed by atoms with van der Waals surface area (Å²) in [6.45, 7) is 7.36. The molecule has 8 nitrogen and oxygen atoms in total. The third kappa shape index (κ3) is 8.73. The molecule has 0 aliphatic carbocycles. The summed E-state index contributed by atoms with van der Waals surface area (Å²) >= 11 is 0. The van der Waals surface area contributed by atoms with E-state index in [4.69, 9.17) is 4.74 Å². The number of anilines is 2. The maximum atomic E-state index is 13.1. The first-order valence-corrected chi connectivity index (χ1v) is 11.8. The number of urea groups is 1. The van der Waals surface area contributed by atoms with Gasteiger partial charge in [0.05, 0.1) is 17.8 Å². The summed E-state index contributed by atoms with van der Waals surface area (Å²) in [5.41, 5.74) is 1.53. The van der Waals surface area contributed by atoms with Gasteiger partial charge in [0.1, 0.15) is 6.61 Å². The normalized spacial score (nSPS) is 10.4. The van der Waals surface area contributed by atoms with Crippen LogP contribution >= 0.6 is 0 Å². The summed E-state index contributed by atoms with van der Waals surface area (Å²) in [5, 5.41) is 7.76. The van der Waals surface area contributed by atoms with Gasteiger partial charge in [-0.2, -0.15) is 0 Å². The Kier molecular flexibility index (Phi) is 11.2. The van der Waals surface area contributed by atoms with Crippen molar-refractivity contribution in [2.75, 3.05) is 23.8 Å². The molecule has 0 aliphatic heterocycles. The van der Waals surface area contributed by atoms with Gasteiger partial charge in [-0.15, -0.1) is 0 Å². The van der Waals surface area contributed by atoms with Crippen LogP contribution in [0.25, 0.3) is 0 Å². The molecule has 2 aromatic carbocycles.